The first-order valence-corrected chi connectivity index (χ1v) is 9.11. The standard InChI is InChI=1S/C15H30B2N2O6/c18-12(16(22)23)2-1-9-5-10-7-15(14(20)21,8-11(10)6-9)4-3-13(19)17(24)25/h9-13,22-25H,1-8,18-19H2,(H,20,21)/t9?,10-,11-,12-,13-,15?/m1/s1. The molecule has 2 rings (SSSR count). The molecule has 2 aliphatic carbocycles. The van der Waals surface area contributed by atoms with Crippen molar-refractivity contribution < 1.29 is 30.0 Å². The first-order valence-electron chi connectivity index (χ1n) is 9.11. The van der Waals surface area contributed by atoms with E-state index in [1.807, 2.05) is 0 Å². The van der Waals surface area contributed by atoms with Gasteiger partial charge >= 0.3 is 20.2 Å². The molecule has 25 heavy (non-hydrogen) atoms. The lowest BCUT2D eigenvalue weighted by molar-refractivity contribution is -0.149. The molecule has 0 bridgehead atoms. The molecule has 0 heterocycles. The fourth-order valence-electron chi connectivity index (χ4n) is 4.82. The number of carboxylic acid groups (broad SMARTS) is 1. The van der Waals surface area contributed by atoms with E-state index in [-0.39, 0.29) is 6.42 Å². The van der Waals surface area contributed by atoms with Crippen molar-refractivity contribution in [1.29, 1.82) is 0 Å². The molecule has 0 amide bonds. The first kappa shape index (κ1) is 20.7. The molecule has 0 aromatic carbocycles. The third-order valence-corrected chi connectivity index (χ3v) is 6.33. The number of aliphatic carboxylic acids is 1. The van der Waals surface area contributed by atoms with Crippen LogP contribution in [0.3, 0.4) is 0 Å². The molecule has 0 unspecified atom stereocenters. The summed E-state index contributed by atoms with van der Waals surface area (Å²) in [6.07, 6.45) is 5.11. The van der Waals surface area contributed by atoms with Gasteiger partial charge in [0.2, 0.25) is 0 Å². The normalized spacial score (nSPS) is 27.8. The Balaban J connectivity index is 1.87. The van der Waals surface area contributed by atoms with Crippen molar-refractivity contribution >= 4 is 20.2 Å². The fraction of sp³-hybridized carbons (Fsp3) is 0.933. The van der Waals surface area contributed by atoms with E-state index in [1.165, 1.54) is 0 Å². The number of fused-ring (bicyclic) bond motifs is 1. The maximum Gasteiger partial charge on any atom is 0.469 e. The van der Waals surface area contributed by atoms with Crippen molar-refractivity contribution in [2.24, 2.45) is 34.6 Å². The average molecular weight is 356 g/mol. The second kappa shape index (κ2) is 8.37. The highest BCUT2D eigenvalue weighted by Crippen LogP contribution is 2.57. The molecule has 9 N–H and O–H groups in total. The fourth-order valence-corrected chi connectivity index (χ4v) is 4.82. The lowest BCUT2D eigenvalue weighted by Crippen LogP contribution is -2.41. The molecule has 0 aromatic rings. The summed E-state index contributed by atoms with van der Waals surface area (Å²) in [5.74, 6) is -1.12. The van der Waals surface area contributed by atoms with Gasteiger partial charge in [-0.1, -0.05) is 0 Å². The molecule has 142 valence electrons. The lowest BCUT2D eigenvalue weighted by atomic mass is 9.71. The highest BCUT2D eigenvalue weighted by molar-refractivity contribution is 6.43. The van der Waals surface area contributed by atoms with Crippen LogP contribution in [0.4, 0.5) is 0 Å². The summed E-state index contributed by atoms with van der Waals surface area (Å²) in [5, 5.41) is 46.0. The quantitative estimate of drug-likeness (QED) is 0.251. The lowest BCUT2D eigenvalue weighted by Gasteiger charge is -2.27. The van der Waals surface area contributed by atoms with Crippen LogP contribution < -0.4 is 11.5 Å². The Bertz CT molecular complexity index is 453. The molecule has 2 fully saturated rings. The van der Waals surface area contributed by atoms with Crippen molar-refractivity contribution in [2.75, 3.05) is 0 Å². The first-order chi connectivity index (χ1) is 11.6. The molecular weight excluding hydrogens is 326 g/mol. The third kappa shape index (κ3) is 4.96. The van der Waals surface area contributed by atoms with Crippen LogP contribution in [0.1, 0.15) is 51.4 Å². The van der Waals surface area contributed by atoms with Crippen LogP contribution in [0.15, 0.2) is 0 Å². The Hall–Kier alpha value is -0.640. The maximum absolute atomic E-state index is 11.9. The maximum atomic E-state index is 11.9. The number of rotatable bonds is 9. The molecular formula is C15H30B2N2O6. The Kier molecular flexibility index (Phi) is 6.92. The topological polar surface area (TPSA) is 170 Å². The number of hydrogen-bond acceptors (Lipinski definition) is 7. The largest absolute Gasteiger partial charge is 0.481 e. The van der Waals surface area contributed by atoms with Gasteiger partial charge in [-0.15, -0.1) is 0 Å². The van der Waals surface area contributed by atoms with Crippen molar-refractivity contribution in [3.8, 4) is 0 Å². The Labute approximate surface area is 148 Å². The molecule has 4 atom stereocenters. The van der Waals surface area contributed by atoms with Crippen LogP contribution in [-0.2, 0) is 4.79 Å². The van der Waals surface area contributed by atoms with E-state index >= 15 is 0 Å². The van der Waals surface area contributed by atoms with Gasteiger partial charge in [-0.2, -0.15) is 0 Å². The summed E-state index contributed by atoms with van der Waals surface area (Å²) >= 11 is 0. The van der Waals surface area contributed by atoms with Crippen LogP contribution in [0.2, 0.25) is 0 Å². The van der Waals surface area contributed by atoms with E-state index in [2.05, 4.69) is 0 Å². The molecule has 2 aliphatic rings. The van der Waals surface area contributed by atoms with Gasteiger partial charge in [-0.25, -0.2) is 0 Å². The van der Waals surface area contributed by atoms with E-state index in [0.29, 0.717) is 43.4 Å². The SMILES string of the molecule is N[C@H](CCC1C[C@@H]2CC(CC[C@@H](N)B(O)O)(C(=O)O)C[C@H]2C1)B(O)O. The zero-order valence-corrected chi connectivity index (χ0v) is 14.5. The predicted molar refractivity (Wildman–Crippen MR) is 93.8 cm³/mol. The van der Waals surface area contributed by atoms with Gasteiger partial charge in [0.15, 0.2) is 0 Å². The molecule has 10 heteroatoms. The number of nitrogens with two attached hydrogens (primary N) is 2. The Morgan fingerprint density at radius 1 is 1.00 bits per heavy atom. The smallest absolute Gasteiger partial charge is 0.469 e. The van der Waals surface area contributed by atoms with Crippen LogP contribution in [0.5, 0.6) is 0 Å². The van der Waals surface area contributed by atoms with Gasteiger partial charge in [0.05, 0.1) is 5.41 Å². The summed E-state index contributed by atoms with van der Waals surface area (Å²) in [6, 6.07) is 0. The molecule has 0 spiro atoms. The van der Waals surface area contributed by atoms with E-state index < -0.39 is 37.5 Å². The minimum atomic E-state index is -1.62. The predicted octanol–water partition coefficient (Wildman–Crippen LogP) is -1.27. The van der Waals surface area contributed by atoms with Crippen LogP contribution in [-0.4, -0.2) is 57.3 Å². The summed E-state index contributed by atoms with van der Waals surface area (Å²) in [5.41, 5.74) is 10.5. The number of carboxylic acids is 1. The second-order valence-corrected chi connectivity index (χ2v) is 8.12. The zero-order valence-electron chi connectivity index (χ0n) is 14.5. The van der Waals surface area contributed by atoms with Crippen LogP contribution >= 0.6 is 0 Å². The summed E-state index contributed by atoms with van der Waals surface area (Å²) in [4.78, 5) is 11.9. The summed E-state index contributed by atoms with van der Waals surface area (Å²) in [7, 11) is -3.12. The minimum absolute atomic E-state index is 0.274. The van der Waals surface area contributed by atoms with E-state index in [0.717, 1.165) is 19.3 Å². The van der Waals surface area contributed by atoms with E-state index in [1.54, 1.807) is 0 Å². The Morgan fingerprint density at radius 3 is 1.92 bits per heavy atom. The van der Waals surface area contributed by atoms with Crippen LogP contribution in [0, 0.1) is 23.2 Å². The van der Waals surface area contributed by atoms with Gasteiger partial charge in [-0.05, 0) is 69.1 Å². The zero-order chi connectivity index (χ0) is 18.8. The third-order valence-electron chi connectivity index (χ3n) is 6.33. The summed E-state index contributed by atoms with van der Waals surface area (Å²) in [6.45, 7) is 0. The minimum Gasteiger partial charge on any atom is -0.481 e. The molecule has 8 nitrogen and oxygen atoms in total. The van der Waals surface area contributed by atoms with Gasteiger partial charge < -0.3 is 36.7 Å². The highest BCUT2D eigenvalue weighted by atomic mass is 16.4. The van der Waals surface area contributed by atoms with Gasteiger partial charge in [-0.3, -0.25) is 4.79 Å². The number of carbonyl (C=O) groups is 1. The van der Waals surface area contributed by atoms with Crippen molar-refractivity contribution in [3.05, 3.63) is 0 Å². The molecule has 2 saturated carbocycles. The molecule has 0 aromatic heterocycles. The van der Waals surface area contributed by atoms with Crippen molar-refractivity contribution in [2.45, 2.75) is 63.2 Å². The van der Waals surface area contributed by atoms with Crippen molar-refractivity contribution in [3.63, 3.8) is 0 Å². The number of hydrogen-bond donors (Lipinski definition) is 7. The molecule has 0 aliphatic heterocycles. The van der Waals surface area contributed by atoms with Crippen LogP contribution in [0.25, 0.3) is 0 Å². The van der Waals surface area contributed by atoms with Gasteiger partial charge in [0.25, 0.3) is 0 Å². The monoisotopic (exact) mass is 356 g/mol. The van der Waals surface area contributed by atoms with E-state index in [4.69, 9.17) is 31.6 Å². The molecule has 0 radical (unpaired) electrons. The van der Waals surface area contributed by atoms with Gasteiger partial charge in [0, 0.05) is 11.9 Å². The average Bonchev–Trinajstić information content (AvgIpc) is 3.05. The summed E-state index contributed by atoms with van der Waals surface area (Å²) < 4.78 is 0. The van der Waals surface area contributed by atoms with Gasteiger partial charge in [0.1, 0.15) is 0 Å². The highest BCUT2D eigenvalue weighted by Gasteiger charge is 2.53. The Morgan fingerprint density at radius 2 is 1.48 bits per heavy atom. The van der Waals surface area contributed by atoms with E-state index in [9.17, 15) is 9.90 Å². The molecule has 0 saturated heterocycles. The second-order valence-electron chi connectivity index (χ2n) is 8.12. The van der Waals surface area contributed by atoms with Crippen molar-refractivity contribution in [1.82, 2.24) is 0 Å².